The zero-order chi connectivity index (χ0) is 16.1. The molecule has 0 aliphatic carbocycles. The van der Waals surface area contributed by atoms with Crippen LogP contribution in [-0.2, 0) is 0 Å². The maximum absolute atomic E-state index is 4.92. The van der Waals surface area contributed by atoms with Gasteiger partial charge in [-0.2, -0.15) is 0 Å². The number of hydrogen-bond acceptors (Lipinski definition) is 1. The molecule has 0 aliphatic rings. The Morgan fingerprint density at radius 2 is 1.30 bits per heavy atom. The highest BCUT2D eigenvalue weighted by Crippen LogP contribution is 2.21. The molecule has 0 amide bonds. The van der Waals surface area contributed by atoms with E-state index in [1.165, 1.54) is 5.56 Å². The van der Waals surface area contributed by atoms with Crippen molar-refractivity contribution in [3.05, 3.63) is 102 Å². The lowest BCUT2D eigenvalue weighted by molar-refractivity contribution is 0.866. The molecular formula is C22H21N. The number of para-hydroxylation sites is 1. The highest BCUT2D eigenvalue weighted by atomic mass is 14.7. The third kappa shape index (κ3) is 3.75. The molecule has 0 N–H and O–H groups in total. The molecule has 1 heteroatoms. The molecule has 3 rings (SSSR count). The van der Waals surface area contributed by atoms with Gasteiger partial charge >= 0.3 is 0 Å². The number of benzene rings is 3. The van der Waals surface area contributed by atoms with Gasteiger partial charge in [-0.15, -0.1) is 0 Å². The molecule has 0 radical (unpaired) electrons. The number of aliphatic imine (C=N–C) groups is 1. The molecule has 0 spiro atoms. The van der Waals surface area contributed by atoms with Crippen molar-refractivity contribution >= 4 is 11.4 Å². The van der Waals surface area contributed by atoms with E-state index in [0.29, 0.717) is 5.92 Å². The summed E-state index contributed by atoms with van der Waals surface area (Å²) < 4.78 is 0. The summed E-state index contributed by atoms with van der Waals surface area (Å²) in [4.78, 5) is 4.92. The summed E-state index contributed by atoms with van der Waals surface area (Å²) >= 11 is 0. The van der Waals surface area contributed by atoms with Crippen LogP contribution in [0.3, 0.4) is 0 Å². The Labute approximate surface area is 138 Å². The van der Waals surface area contributed by atoms with Gasteiger partial charge in [0.25, 0.3) is 0 Å². The molecule has 0 bridgehead atoms. The van der Waals surface area contributed by atoms with Crippen molar-refractivity contribution in [2.75, 3.05) is 0 Å². The van der Waals surface area contributed by atoms with Gasteiger partial charge in [0.2, 0.25) is 0 Å². The molecule has 23 heavy (non-hydrogen) atoms. The van der Waals surface area contributed by atoms with E-state index in [1.807, 2.05) is 36.4 Å². The fourth-order valence-electron chi connectivity index (χ4n) is 2.57. The van der Waals surface area contributed by atoms with Crippen molar-refractivity contribution in [1.29, 1.82) is 0 Å². The molecule has 1 nitrogen and oxygen atoms in total. The van der Waals surface area contributed by atoms with E-state index in [9.17, 15) is 0 Å². The van der Waals surface area contributed by atoms with Gasteiger partial charge in [-0.1, -0.05) is 80.6 Å². The van der Waals surface area contributed by atoms with Gasteiger partial charge in [-0.25, -0.2) is 4.99 Å². The lowest BCUT2D eigenvalue weighted by Crippen LogP contribution is -2.04. The summed E-state index contributed by atoms with van der Waals surface area (Å²) in [5.74, 6) is 0.503. The minimum atomic E-state index is 0.503. The highest BCUT2D eigenvalue weighted by molar-refractivity contribution is 6.14. The van der Waals surface area contributed by atoms with E-state index in [2.05, 4.69) is 62.4 Å². The summed E-state index contributed by atoms with van der Waals surface area (Å²) in [6.45, 7) is 4.44. The SMILES string of the molecule is CC(C)c1cccc(C(=Nc2ccccc2)c2ccccc2)c1. The second-order valence-electron chi connectivity index (χ2n) is 5.94. The van der Waals surface area contributed by atoms with Crippen LogP contribution in [0, 0.1) is 0 Å². The smallest absolute Gasteiger partial charge is 0.0781 e. The lowest BCUT2D eigenvalue weighted by Gasteiger charge is -2.11. The van der Waals surface area contributed by atoms with Crippen LogP contribution < -0.4 is 0 Å². The van der Waals surface area contributed by atoms with Crippen LogP contribution in [0.15, 0.2) is 89.9 Å². The average molecular weight is 299 g/mol. The summed E-state index contributed by atoms with van der Waals surface area (Å²) in [5, 5.41) is 0. The first-order valence-electron chi connectivity index (χ1n) is 8.03. The van der Waals surface area contributed by atoms with E-state index in [-0.39, 0.29) is 0 Å². The second-order valence-corrected chi connectivity index (χ2v) is 5.94. The van der Waals surface area contributed by atoms with Crippen LogP contribution in [-0.4, -0.2) is 5.71 Å². The first-order chi connectivity index (χ1) is 11.2. The fourth-order valence-corrected chi connectivity index (χ4v) is 2.57. The number of hydrogen-bond donors (Lipinski definition) is 0. The maximum atomic E-state index is 4.92. The lowest BCUT2D eigenvalue weighted by atomic mass is 9.96. The van der Waals surface area contributed by atoms with E-state index >= 15 is 0 Å². The van der Waals surface area contributed by atoms with Crippen molar-refractivity contribution in [3.8, 4) is 0 Å². The third-order valence-corrected chi connectivity index (χ3v) is 3.87. The second kappa shape index (κ2) is 7.06. The summed E-state index contributed by atoms with van der Waals surface area (Å²) in [6.07, 6.45) is 0. The van der Waals surface area contributed by atoms with Crippen LogP contribution in [0.2, 0.25) is 0 Å². The topological polar surface area (TPSA) is 12.4 Å². The van der Waals surface area contributed by atoms with Gasteiger partial charge in [0.05, 0.1) is 11.4 Å². The predicted molar refractivity (Wildman–Crippen MR) is 98.7 cm³/mol. The normalized spacial score (nSPS) is 11.7. The molecule has 0 fully saturated rings. The zero-order valence-electron chi connectivity index (χ0n) is 13.6. The van der Waals surface area contributed by atoms with Crippen LogP contribution in [0.4, 0.5) is 5.69 Å². The first-order valence-corrected chi connectivity index (χ1v) is 8.03. The minimum Gasteiger partial charge on any atom is -0.248 e. The van der Waals surface area contributed by atoms with Crippen molar-refractivity contribution in [2.24, 2.45) is 4.99 Å². The summed E-state index contributed by atoms with van der Waals surface area (Å²) in [6, 6.07) is 29.2. The zero-order valence-corrected chi connectivity index (χ0v) is 13.6. The van der Waals surface area contributed by atoms with Gasteiger partial charge in [-0.05, 0) is 29.7 Å². The van der Waals surface area contributed by atoms with Crippen molar-refractivity contribution < 1.29 is 0 Å². The minimum absolute atomic E-state index is 0.503. The van der Waals surface area contributed by atoms with Crippen LogP contribution in [0.1, 0.15) is 36.5 Å². The van der Waals surface area contributed by atoms with Crippen LogP contribution in [0.5, 0.6) is 0 Å². The van der Waals surface area contributed by atoms with Gasteiger partial charge < -0.3 is 0 Å². The molecular weight excluding hydrogens is 278 g/mol. The Bertz CT molecular complexity index is 786. The van der Waals surface area contributed by atoms with E-state index in [1.54, 1.807) is 0 Å². The largest absolute Gasteiger partial charge is 0.248 e. The first kappa shape index (κ1) is 15.2. The molecule has 0 aliphatic heterocycles. The van der Waals surface area contributed by atoms with E-state index < -0.39 is 0 Å². The van der Waals surface area contributed by atoms with Gasteiger partial charge in [0, 0.05) is 11.1 Å². The summed E-state index contributed by atoms with van der Waals surface area (Å²) in [5.41, 5.74) is 5.61. The summed E-state index contributed by atoms with van der Waals surface area (Å²) in [7, 11) is 0. The maximum Gasteiger partial charge on any atom is 0.0781 e. The number of nitrogens with zero attached hydrogens (tertiary/aromatic N) is 1. The van der Waals surface area contributed by atoms with E-state index in [0.717, 1.165) is 22.5 Å². The van der Waals surface area contributed by atoms with Gasteiger partial charge in [0.15, 0.2) is 0 Å². The molecule has 0 saturated heterocycles. The Kier molecular flexibility index (Phi) is 4.68. The van der Waals surface area contributed by atoms with Crippen molar-refractivity contribution in [2.45, 2.75) is 19.8 Å². The molecule has 0 saturated carbocycles. The molecule has 0 unspecified atom stereocenters. The average Bonchev–Trinajstić information content (AvgIpc) is 2.61. The van der Waals surface area contributed by atoms with Crippen molar-refractivity contribution in [1.82, 2.24) is 0 Å². The Hall–Kier alpha value is -2.67. The molecule has 0 aromatic heterocycles. The third-order valence-electron chi connectivity index (χ3n) is 3.87. The van der Waals surface area contributed by atoms with Gasteiger partial charge in [0.1, 0.15) is 0 Å². The van der Waals surface area contributed by atoms with Crippen molar-refractivity contribution in [3.63, 3.8) is 0 Å². The molecule has 0 heterocycles. The monoisotopic (exact) mass is 299 g/mol. The quantitative estimate of drug-likeness (QED) is 0.525. The fraction of sp³-hybridized carbons (Fsp3) is 0.136. The standard InChI is InChI=1S/C22H21N/c1-17(2)19-12-9-13-20(16-19)22(18-10-5-3-6-11-18)23-21-14-7-4-8-15-21/h3-17H,1-2H3. The predicted octanol–water partition coefficient (Wildman–Crippen LogP) is 5.98. The van der Waals surface area contributed by atoms with Crippen LogP contribution >= 0.6 is 0 Å². The molecule has 3 aromatic carbocycles. The number of rotatable bonds is 4. The van der Waals surface area contributed by atoms with Crippen LogP contribution in [0.25, 0.3) is 0 Å². The molecule has 0 atom stereocenters. The van der Waals surface area contributed by atoms with E-state index in [4.69, 9.17) is 4.99 Å². The Morgan fingerprint density at radius 1 is 0.696 bits per heavy atom. The van der Waals surface area contributed by atoms with Gasteiger partial charge in [-0.3, -0.25) is 0 Å². The highest BCUT2D eigenvalue weighted by Gasteiger charge is 2.09. The Balaban J connectivity index is 2.13. The molecule has 114 valence electrons. The molecule has 3 aromatic rings. The Morgan fingerprint density at radius 3 is 1.96 bits per heavy atom.